The number of fused-ring (bicyclic) bond motifs is 1. The molecular formula is C14H16N4O2S. The van der Waals surface area contributed by atoms with Crippen molar-refractivity contribution in [3.8, 4) is 0 Å². The van der Waals surface area contributed by atoms with Crippen molar-refractivity contribution in [2.24, 2.45) is 0 Å². The van der Waals surface area contributed by atoms with Crippen LogP contribution in [-0.2, 0) is 16.6 Å². The van der Waals surface area contributed by atoms with E-state index in [4.69, 9.17) is 10.2 Å². The molecule has 2 aromatic heterocycles. The average Bonchev–Trinajstić information content (AvgIpc) is 3.04. The largest absolute Gasteiger partial charge is 0.430 e. The number of oxazole rings is 1. The Bertz CT molecular complexity index is 806. The predicted molar refractivity (Wildman–Crippen MR) is 81.1 cm³/mol. The Morgan fingerprint density at radius 3 is 2.90 bits per heavy atom. The fourth-order valence-electron chi connectivity index (χ4n) is 1.96. The lowest BCUT2D eigenvalue weighted by Crippen LogP contribution is -2.03. The van der Waals surface area contributed by atoms with Crippen LogP contribution in [-0.4, -0.2) is 19.0 Å². The molecule has 0 aliphatic rings. The Labute approximate surface area is 124 Å². The molecule has 0 saturated heterocycles. The molecule has 6 nitrogen and oxygen atoms in total. The van der Waals surface area contributed by atoms with Crippen LogP contribution in [0.4, 0.5) is 5.69 Å². The molecule has 0 amide bonds. The first kappa shape index (κ1) is 13.8. The second-order valence-corrected chi connectivity index (χ2v) is 6.41. The third-order valence-electron chi connectivity index (χ3n) is 3.06. The fourth-order valence-corrected chi connectivity index (χ4v) is 2.89. The standard InChI is InChI=1S/C14H16N4O2S/c1-9(2)18-6-5-11(17-18)8-21(19)14-16-12-7-10(15)3-4-13(12)20-14/h3-7,9H,8,15H2,1-2H3. The lowest BCUT2D eigenvalue weighted by molar-refractivity contribution is 0.477. The molecule has 110 valence electrons. The summed E-state index contributed by atoms with van der Waals surface area (Å²) in [6.07, 6.45) is 1.88. The van der Waals surface area contributed by atoms with Crippen LogP contribution in [0, 0.1) is 0 Å². The van der Waals surface area contributed by atoms with Gasteiger partial charge < -0.3 is 10.2 Å². The first-order chi connectivity index (χ1) is 10.0. The molecule has 1 aromatic carbocycles. The van der Waals surface area contributed by atoms with Crippen molar-refractivity contribution in [1.29, 1.82) is 0 Å². The molecule has 1 atom stereocenters. The van der Waals surface area contributed by atoms with Gasteiger partial charge in [0, 0.05) is 17.9 Å². The first-order valence-corrected chi connectivity index (χ1v) is 7.93. The van der Waals surface area contributed by atoms with Gasteiger partial charge in [-0.05, 0) is 38.1 Å². The van der Waals surface area contributed by atoms with Gasteiger partial charge in [-0.15, -0.1) is 0 Å². The summed E-state index contributed by atoms with van der Waals surface area (Å²) in [6, 6.07) is 7.29. The van der Waals surface area contributed by atoms with E-state index in [1.54, 1.807) is 18.2 Å². The van der Waals surface area contributed by atoms with Crippen LogP contribution in [0.2, 0.25) is 0 Å². The summed E-state index contributed by atoms with van der Waals surface area (Å²) in [5.74, 6) is 0.280. The Morgan fingerprint density at radius 1 is 1.38 bits per heavy atom. The van der Waals surface area contributed by atoms with Crippen LogP contribution in [0.5, 0.6) is 0 Å². The minimum atomic E-state index is -1.37. The molecule has 0 spiro atoms. The van der Waals surface area contributed by atoms with E-state index in [9.17, 15) is 4.21 Å². The van der Waals surface area contributed by atoms with Crippen LogP contribution >= 0.6 is 0 Å². The zero-order valence-corrected chi connectivity index (χ0v) is 12.6. The van der Waals surface area contributed by atoms with Crippen molar-refractivity contribution < 1.29 is 8.63 Å². The highest BCUT2D eigenvalue weighted by Crippen LogP contribution is 2.21. The summed E-state index contributed by atoms with van der Waals surface area (Å²) in [5, 5.41) is 4.58. The topological polar surface area (TPSA) is 86.9 Å². The van der Waals surface area contributed by atoms with Gasteiger partial charge in [0.1, 0.15) is 16.3 Å². The molecule has 0 fully saturated rings. The molecule has 0 saturated carbocycles. The smallest absolute Gasteiger partial charge is 0.288 e. The van der Waals surface area contributed by atoms with E-state index in [1.165, 1.54) is 0 Å². The maximum Gasteiger partial charge on any atom is 0.288 e. The summed E-state index contributed by atoms with van der Waals surface area (Å²) in [6.45, 7) is 4.08. The minimum absolute atomic E-state index is 0.203. The molecule has 7 heteroatoms. The molecule has 0 aliphatic carbocycles. The number of nitrogens with zero attached hydrogens (tertiary/aromatic N) is 3. The van der Waals surface area contributed by atoms with Crippen molar-refractivity contribution in [3.63, 3.8) is 0 Å². The highest BCUT2D eigenvalue weighted by molar-refractivity contribution is 7.84. The van der Waals surface area contributed by atoms with E-state index in [0.717, 1.165) is 5.69 Å². The normalized spacial score (nSPS) is 13.1. The molecular weight excluding hydrogens is 288 g/mol. The number of anilines is 1. The zero-order chi connectivity index (χ0) is 15.0. The van der Waals surface area contributed by atoms with Gasteiger partial charge in [-0.3, -0.25) is 4.68 Å². The van der Waals surface area contributed by atoms with Crippen LogP contribution in [0.1, 0.15) is 25.6 Å². The first-order valence-electron chi connectivity index (χ1n) is 6.61. The monoisotopic (exact) mass is 304 g/mol. The summed E-state index contributed by atoms with van der Waals surface area (Å²) in [5.41, 5.74) is 8.25. The van der Waals surface area contributed by atoms with Gasteiger partial charge in [-0.25, -0.2) is 9.19 Å². The summed E-state index contributed by atoms with van der Waals surface area (Å²) in [7, 11) is -1.37. The van der Waals surface area contributed by atoms with Gasteiger partial charge in [-0.1, -0.05) is 0 Å². The summed E-state index contributed by atoms with van der Waals surface area (Å²) < 4.78 is 19.7. The van der Waals surface area contributed by atoms with Crippen molar-refractivity contribution in [3.05, 3.63) is 36.2 Å². The van der Waals surface area contributed by atoms with Gasteiger partial charge in [0.05, 0.1) is 11.4 Å². The van der Waals surface area contributed by atoms with E-state index in [1.807, 2.05) is 30.8 Å². The molecule has 1 unspecified atom stereocenters. The fraction of sp³-hybridized carbons (Fsp3) is 0.286. The number of rotatable bonds is 4. The van der Waals surface area contributed by atoms with E-state index in [0.29, 0.717) is 16.8 Å². The van der Waals surface area contributed by atoms with Gasteiger partial charge >= 0.3 is 0 Å². The summed E-state index contributed by atoms with van der Waals surface area (Å²) >= 11 is 0. The third-order valence-corrected chi connectivity index (χ3v) is 4.18. The van der Waals surface area contributed by atoms with Gasteiger partial charge in [0.2, 0.25) is 0 Å². The summed E-state index contributed by atoms with van der Waals surface area (Å²) in [4.78, 5) is 4.23. The predicted octanol–water partition coefficient (Wildman–Crippen LogP) is 2.50. The maximum atomic E-state index is 12.3. The van der Waals surface area contributed by atoms with Gasteiger partial charge in [0.15, 0.2) is 5.58 Å². The quantitative estimate of drug-likeness (QED) is 0.748. The number of aromatic nitrogens is 3. The average molecular weight is 304 g/mol. The van der Waals surface area contributed by atoms with E-state index in [-0.39, 0.29) is 17.0 Å². The molecule has 3 aromatic rings. The molecule has 2 N–H and O–H groups in total. The second kappa shape index (κ2) is 5.33. The van der Waals surface area contributed by atoms with E-state index in [2.05, 4.69) is 10.1 Å². The zero-order valence-electron chi connectivity index (χ0n) is 11.8. The Hall–Kier alpha value is -2.15. The minimum Gasteiger partial charge on any atom is -0.430 e. The van der Waals surface area contributed by atoms with Crippen molar-refractivity contribution in [2.75, 3.05) is 5.73 Å². The van der Waals surface area contributed by atoms with Gasteiger partial charge in [0.25, 0.3) is 5.22 Å². The molecule has 2 heterocycles. The highest BCUT2D eigenvalue weighted by atomic mass is 32.2. The van der Waals surface area contributed by atoms with Crippen LogP contribution in [0.15, 0.2) is 40.1 Å². The van der Waals surface area contributed by atoms with E-state index >= 15 is 0 Å². The number of hydrogen-bond donors (Lipinski definition) is 1. The highest BCUT2D eigenvalue weighted by Gasteiger charge is 2.15. The second-order valence-electron chi connectivity index (χ2n) is 5.08. The maximum absolute atomic E-state index is 12.3. The number of nitrogen functional groups attached to an aromatic ring is 1. The lowest BCUT2D eigenvalue weighted by Gasteiger charge is -2.03. The SMILES string of the molecule is CC(C)n1ccc(CS(=O)c2nc3cc(N)ccc3o2)n1. The number of nitrogens with two attached hydrogens (primary N) is 1. The van der Waals surface area contributed by atoms with Crippen molar-refractivity contribution in [2.45, 2.75) is 30.9 Å². The molecule has 3 rings (SSSR count). The molecule has 0 aliphatic heterocycles. The Morgan fingerprint density at radius 2 is 2.19 bits per heavy atom. The molecule has 21 heavy (non-hydrogen) atoms. The van der Waals surface area contributed by atoms with Crippen molar-refractivity contribution in [1.82, 2.24) is 14.8 Å². The number of hydrogen-bond acceptors (Lipinski definition) is 5. The Balaban J connectivity index is 1.82. The number of benzene rings is 1. The Kier molecular flexibility index (Phi) is 3.50. The molecule has 0 bridgehead atoms. The van der Waals surface area contributed by atoms with Crippen LogP contribution < -0.4 is 5.73 Å². The lowest BCUT2D eigenvalue weighted by atomic mass is 10.3. The van der Waals surface area contributed by atoms with Crippen LogP contribution in [0.25, 0.3) is 11.1 Å². The van der Waals surface area contributed by atoms with E-state index < -0.39 is 10.8 Å². The molecule has 0 radical (unpaired) electrons. The van der Waals surface area contributed by atoms with Crippen LogP contribution in [0.3, 0.4) is 0 Å². The van der Waals surface area contributed by atoms with Gasteiger partial charge in [-0.2, -0.15) is 5.10 Å². The van der Waals surface area contributed by atoms with Crippen molar-refractivity contribution >= 4 is 27.6 Å². The third kappa shape index (κ3) is 2.82.